The Bertz CT molecular complexity index is 1270. The molecule has 2 heterocycles. The molecule has 0 aromatic heterocycles. The molecule has 0 spiro atoms. The molecule has 0 radical (unpaired) electrons. The van der Waals surface area contributed by atoms with Gasteiger partial charge in [-0.15, -0.1) is 0 Å². The van der Waals surface area contributed by atoms with Gasteiger partial charge in [-0.25, -0.2) is 0 Å². The number of nitro groups is 1. The lowest BCUT2D eigenvalue weighted by Gasteiger charge is -2.32. The molecule has 2 aliphatic rings. The maximum Gasteiger partial charge on any atom is 0.499 e. The van der Waals surface area contributed by atoms with E-state index >= 15 is 0 Å². The highest BCUT2D eigenvalue weighted by Crippen LogP contribution is 2.39. The molecule has 10 nitrogen and oxygen atoms in total. The molecule has 14 heteroatoms. The van der Waals surface area contributed by atoms with Gasteiger partial charge in [-0.2, -0.15) is 0 Å². The van der Waals surface area contributed by atoms with Gasteiger partial charge in [0.15, 0.2) is 0 Å². The van der Waals surface area contributed by atoms with Crippen molar-refractivity contribution >= 4 is 54.7 Å². The number of hydrogen-bond acceptors (Lipinski definition) is 9. The lowest BCUT2D eigenvalue weighted by molar-refractivity contribution is -0.490. The number of aldehydes is 1. The van der Waals surface area contributed by atoms with E-state index in [4.69, 9.17) is 46.6 Å². The Hall–Kier alpha value is -2.34. The molecule has 0 bridgehead atoms. The van der Waals surface area contributed by atoms with Crippen molar-refractivity contribution in [1.29, 1.82) is 0 Å². The van der Waals surface area contributed by atoms with Gasteiger partial charge in [-0.1, -0.05) is 23.2 Å². The van der Waals surface area contributed by atoms with Gasteiger partial charge < -0.3 is 28.5 Å². The van der Waals surface area contributed by atoms with Gasteiger partial charge in [0, 0.05) is 37.9 Å². The topological polar surface area (TPSA) is 127 Å². The molecule has 2 aromatic rings. The Morgan fingerprint density at radius 2 is 1.74 bits per heavy atom. The molecule has 1 fully saturated rings. The van der Waals surface area contributed by atoms with Gasteiger partial charge in [0.2, 0.25) is 6.54 Å². The van der Waals surface area contributed by atoms with E-state index in [1.807, 2.05) is 34.6 Å². The first kappa shape index (κ1) is 29.6. The van der Waals surface area contributed by atoms with Crippen LogP contribution < -0.4 is 20.4 Å². The number of hydrogen-bond donors (Lipinski definition) is 1. The van der Waals surface area contributed by atoms with E-state index in [-0.39, 0.29) is 34.8 Å². The Morgan fingerprint density at radius 3 is 2.33 bits per heavy atom. The number of nitrogens with zero attached hydrogens (tertiary/aromatic N) is 1. The van der Waals surface area contributed by atoms with Gasteiger partial charge >= 0.3 is 14.2 Å². The summed E-state index contributed by atoms with van der Waals surface area (Å²) in [6, 6.07) is 4.64. The zero-order valence-corrected chi connectivity index (χ0v) is 23.8. The van der Waals surface area contributed by atoms with Gasteiger partial charge in [0.1, 0.15) is 23.9 Å². The van der Waals surface area contributed by atoms with Crippen molar-refractivity contribution < 1.29 is 38.2 Å². The minimum Gasteiger partial charge on any atom is -0.494 e. The fourth-order valence-corrected chi connectivity index (χ4v) is 5.18. The molecular weight excluding hydrogens is 551 g/mol. The second-order valence-electron chi connectivity index (χ2n) is 10.3. The minimum atomic E-state index is -1.41. The molecule has 208 valence electrons. The predicted molar refractivity (Wildman–Crippen MR) is 148 cm³/mol. The molecule has 0 aliphatic carbocycles. The van der Waals surface area contributed by atoms with Crippen LogP contribution in [-0.4, -0.2) is 61.4 Å². The molecule has 4 rings (SSSR count). The van der Waals surface area contributed by atoms with E-state index < -0.39 is 43.0 Å². The summed E-state index contributed by atoms with van der Waals surface area (Å²) in [5.41, 5.74) is 0.593. The van der Waals surface area contributed by atoms with Gasteiger partial charge in [-0.05, 0) is 63.9 Å². The van der Waals surface area contributed by atoms with Crippen LogP contribution in [0.5, 0.6) is 11.5 Å². The lowest BCUT2D eigenvalue weighted by Crippen LogP contribution is -2.41. The van der Waals surface area contributed by atoms with Crippen LogP contribution >= 0.6 is 23.2 Å². The van der Waals surface area contributed by atoms with Crippen LogP contribution in [0, 0.1) is 10.1 Å². The standard InChI is InChI=1S/C25H29B2Cl2NO9/c1-6-35-20-11-18(29)15(17(13-31)23(20)27-38-24(2,3)25(4,5)39-27)7-8-36-19-10-14(28)9-16-21(12-30(33)34)37-26(32)22(16)19/h9-11,13,21,32H,6-8,12H2,1-5H3. The van der Waals surface area contributed by atoms with Gasteiger partial charge in [0.25, 0.3) is 0 Å². The maximum atomic E-state index is 12.4. The number of carbonyl (C=O) groups excluding carboxylic acids is 1. The summed E-state index contributed by atoms with van der Waals surface area (Å²) in [4.78, 5) is 23.0. The van der Waals surface area contributed by atoms with Crippen molar-refractivity contribution in [3.8, 4) is 11.5 Å². The van der Waals surface area contributed by atoms with Crippen molar-refractivity contribution in [3.05, 3.63) is 55.0 Å². The van der Waals surface area contributed by atoms with Crippen LogP contribution in [0.25, 0.3) is 0 Å². The van der Waals surface area contributed by atoms with Crippen molar-refractivity contribution in [2.24, 2.45) is 0 Å². The summed E-state index contributed by atoms with van der Waals surface area (Å²) >= 11 is 12.8. The summed E-state index contributed by atoms with van der Waals surface area (Å²) in [7, 11) is -2.28. The smallest absolute Gasteiger partial charge is 0.494 e. The highest BCUT2D eigenvalue weighted by molar-refractivity contribution is 6.65. The first-order chi connectivity index (χ1) is 18.3. The highest BCUT2D eigenvalue weighted by Gasteiger charge is 2.53. The summed E-state index contributed by atoms with van der Waals surface area (Å²) in [6.07, 6.45) is -0.0700. The third-order valence-corrected chi connectivity index (χ3v) is 7.84. The van der Waals surface area contributed by atoms with Crippen LogP contribution in [0.3, 0.4) is 0 Å². The van der Waals surface area contributed by atoms with E-state index in [0.29, 0.717) is 40.3 Å². The first-order valence-corrected chi connectivity index (χ1v) is 13.3. The van der Waals surface area contributed by atoms with Crippen molar-refractivity contribution in [2.75, 3.05) is 19.8 Å². The molecule has 0 saturated carbocycles. The molecular formula is C25H29B2Cl2NO9. The molecule has 1 unspecified atom stereocenters. The molecule has 1 atom stereocenters. The van der Waals surface area contributed by atoms with Crippen LogP contribution in [0.15, 0.2) is 18.2 Å². The predicted octanol–water partition coefficient (Wildman–Crippen LogP) is 3.16. The summed E-state index contributed by atoms with van der Waals surface area (Å²) in [5, 5.41) is 22.0. The number of halogens is 2. The summed E-state index contributed by atoms with van der Waals surface area (Å²) in [5.74, 6) is 0.606. The van der Waals surface area contributed by atoms with Crippen LogP contribution in [-0.2, 0) is 20.4 Å². The normalized spacial score (nSPS) is 19.2. The van der Waals surface area contributed by atoms with Gasteiger partial charge in [-0.3, -0.25) is 14.9 Å². The number of fused-ring (bicyclic) bond motifs is 1. The van der Waals surface area contributed by atoms with E-state index in [1.54, 1.807) is 6.07 Å². The zero-order valence-electron chi connectivity index (χ0n) is 22.3. The first-order valence-electron chi connectivity index (χ1n) is 12.5. The third-order valence-electron chi connectivity index (χ3n) is 7.28. The molecule has 39 heavy (non-hydrogen) atoms. The fraction of sp³-hybridized carbons (Fsp3) is 0.480. The van der Waals surface area contributed by atoms with Gasteiger partial charge in [0.05, 0.1) is 24.4 Å². The Morgan fingerprint density at radius 1 is 1.10 bits per heavy atom. The lowest BCUT2D eigenvalue weighted by atomic mass is 9.73. The zero-order chi connectivity index (χ0) is 28.7. The van der Waals surface area contributed by atoms with E-state index in [1.165, 1.54) is 12.1 Å². The molecule has 2 aliphatic heterocycles. The average molecular weight is 580 g/mol. The number of rotatable bonds is 10. The van der Waals surface area contributed by atoms with Crippen molar-refractivity contribution in [1.82, 2.24) is 0 Å². The Kier molecular flexibility index (Phi) is 8.56. The molecule has 2 aromatic carbocycles. The van der Waals surface area contributed by atoms with Crippen molar-refractivity contribution in [2.45, 2.75) is 58.3 Å². The average Bonchev–Trinajstić information content (AvgIpc) is 3.24. The van der Waals surface area contributed by atoms with Crippen LogP contribution in [0.1, 0.15) is 62.2 Å². The maximum absolute atomic E-state index is 12.4. The summed E-state index contributed by atoms with van der Waals surface area (Å²) < 4.78 is 29.6. The van der Waals surface area contributed by atoms with E-state index in [0.717, 1.165) is 0 Å². The molecule has 1 N–H and O–H groups in total. The second kappa shape index (κ2) is 11.3. The monoisotopic (exact) mass is 579 g/mol. The molecule has 0 amide bonds. The molecule has 1 saturated heterocycles. The Labute approximate surface area is 237 Å². The number of ether oxygens (including phenoxy) is 2. The van der Waals surface area contributed by atoms with E-state index in [2.05, 4.69) is 0 Å². The largest absolute Gasteiger partial charge is 0.499 e. The fourth-order valence-electron chi connectivity index (χ4n) is 4.67. The summed E-state index contributed by atoms with van der Waals surface area (Å²) in [6.45, 7) is 9.32. The SMILES string of the molecule is CCOc1cc(Cl)c(CCOc2cc(Cl)cc3c2B(O)OC3C[N+](=O)[O-])c(C=O)c1B1OC(C)(C)C(C)(C)O1. The van der Waals surface area contributed by atoms with Crippen LogP contribution in [0.2, 0.25) is 10.0 Å². The number of benzene rings is 2. The number of carbonyl (C=O) groups is 1. The highest BCUT2D eigenvalue weighted by atomic mass is 35.5. The second-order valence-corrected chi connectivity index (χ2v) is 11.1. The Balaban J connectivity index is 1.64. The third kappa shape index (κ3) is 5.77. The minimum absolute atomic E-state index is 0.0384. The van der Waals surface area contributed by atoms with E-state index in [9.17, 15) is 19.9 Å². The van der Waals surface area contributed by atoms with Crippen molar-refractivity contribution in [3.63, 3.8) is 0 Å². The van der Waals surface area contributed by atoms with Crippen LogP contribution in [0.4, 0.5) is 0 Å². The quantitative estimate of drug-likeness (QED) is 0.195.